The monoisotopic (exact) mass is 1040 g/mol. The van der Waals surface area contributed by atoms with Crippen LogP contribution in [0.1, 0.15) is 88.8 Å². The molecule has 4 aromatic rings. The van der Waals surface area contributed by atoms with E-state index >= 15 is 0 Å². The molecule has 0 spiro atoms. The van der Waals surface area contributed by atoms with Crippen LogP contribution in [0.5, 0.6) is 23.0 Å². The molecular formula is C43H40Cl2F6N2O13S2. The summed E-state index contributed by atoms with van der Waals surface area (Å²) >= 11 is 12.2. The Labute approximate surface area is 395 Å². The van der Waals surface area contributed by atoms with Gasteiger partial charge in [0.1, 0.15) is 54.5 Å². The third kappa shape index (κ3) is 13.4. The van der Waals surface area contributed by atoms with Crippen LogP contribution < -0.4 is 28.4 Å². The Balaban J connectivity index is 0.000000254. The number of alkyl halides is 6. The van der Waals surface area contributed by atoms with Gasteiger partial charge in [-0.3, -0.25) is 19.2 Å². The number of sulfonamides is 2. The molecule has 25 heteroatoms. The van der Waals surface area contributed by atoms with E-state index < -0.39 is 104 Å². The second kappa shape index (κ2) is 21.5. The van der Waals surface area contributed by atoms with Gasteiger partial charge in [-0.25, -0.2) is 21.6 Å². The van der Waals surface area contributed by atoms with E-state index in [1.54, 1.807) is 12.1 Å². The summed E-state index contributed by atoms with van der Waals surface area (Å²) in [6.07, 6.45) is -12.0. The molecule has 0 unspecified atom stereocenters. The number of ether oxygens (including phenoxy) is 4. The number of ketones is 3. The number of aliphatic carboxylic acids is 1. The number of carboxylic acid groups (broad SMARTS) is 1. The lowest BCUT2D eigenvalue weighted by atomic mass is 9.95. The van der Waals surface area contributed by atoms with Gasteiger partial charge in [0.15, 0.2) is 23.4 Å². The number of benzene rings is 4. The highest BCUT2D eigenvalue weighted by molar-refractivity contribution is 7.89. The second-order valence-electron chi connectivity index (χ2n) is 14.9. The van der Waals surface area contributed by atoms with E-state index in [1.807, 2.05) is 4.72 Å². The van der Waals surface area contributed by atoms with Gasteiger partial charge >= 0.3 is 18.3 Å². The Kier molecular flexibility index (Phi) is 16.9. The van der Waals surface area contributed by atoms with Gasteiger partial charge in [-0.1, -0.05) is 47.5 Å². The smallest absolute Gasteiger partial charge is 0.416 e. The average Bonchev–Trinajstić information content (AvgIpc) is 3.26. The molecule has 368 valence electrons. The van der Waals surface area contributed by atoms with Crippen molar-refractivity contribution in [3.63, 3.8) is 0 Å². The van der Waals surface area contributed by atoms with Crippen LogP contribution in [0.3, 0.4) is 0 Å². The fourth-order valence-corrected chi connectivity index (χ4v) is 8.55. The van der Waals surface area contributed by atoms with E-state index in [0.717, 1.165) is 37.3 Å². The first-order valence-electron chi connectivity index (χ1n) is 20.0. The maximum absolute atomic E-state index is 13.3. The highest BCUT2D eigenvalue weighted by atomic mass is 35.5. The molecule has 2 aliphatic rings. The van der Waals surface area contributed by atoms with Crippen LogP contribution in [-0.4, -0.2) is 82.1 Å². The molecule has 15 nitrogen and oxygen atoms in total. The Morgan fingerprint density at radius 1 is 0.691 bits per heavy atom. The van der Waals surface area contributed by atoms with Crippen molar-refractivity contribution in [2.45, 2.75) is 70.3 Å². The molecule has 2 heterocycles. The third-order valence-corrected chi connectivity index (χ3v) is 13.6. The molecule has 0 fully saturated rings. The minimum atomic E-state index is -4.74. The van der Waals surface area contributed by atoms with Crippen LogP contribution in [0.4, 0.5) is 26.3 Å². The number of carbonyl (C=O) groups excluding carboxylic acids is 3. The highest BCUT2D eigenvalue weighted by Gasteiger charge is 2.38. The first-order valence-corrected chi connectivity index (χ1v) is 24.1. The minimum Gasteiger partial charge on any atom is -0.491 e. The zero-order valence-electron chi connectivity index (χ0n) is 35.7. The molecule has 2 aliphatic heterocycles. The summed E-state index contributed by atoms with van der Waals surface area (Å²) in [4.78, 5) is 48.6. The molecule has 0 bridgehead atoms. The lowest BCUT2D eigenvalue weighted by Crippen LogP contribution is -2.45. The molecule has 68 heavy (non-hydrogen) atoms. The van der Waals surface area contributed by atoms with Gasteiger partial charge in [0.05, 0.1) is 56.6 Å². The predicted molar refractivity (Wildman–Crippen MR) is 233 cm³/mol. The van der Waals surface area contributed by atoms with Crippen molar-refractivity contribution in [2.24, 2.45) is 0 Å². The van der Waals surface area contributed by atoms with Gasteiger partial charge in [0, 0.05) is 11.1 Å². The topological polar surface area (TPSA) is 218 Å². The summed E-state index contributed by atoms with van der Waals surface area (Å²) in [7, 11) is -7.74. The summed E-state index contributed by atoms with van der Waals surface area (Å²) < 4.78 is 154. The van der Waals surface area contributed by atoms with Crippen LogP contribution in [0.15, 0.2) is 72.8 Å². The van der Waals surface area contributed by atoms with E-state index in [9.17, 15) is 67.5 Å². The van der Waals surface area contributed by atoms with E-state index in [-0.39, 0.29) is 79.7 Å². The summed E-state index contributed by atoms with van der Waals surface area (Å²) in [5, 5.41) is 9.61. The second-order valence-corrected chi connectivity index (χ2v) is 19.8. The number of carbonyl (C=O) groups is 4. The van der Waals surface area contributed by atoms with Crippen LogP contribution in [-0.2, 0) is 42.0 Å². The van der Waals surface area contributed by atoms with Crippen molar-refractivity contribution in [3.8, 4) is 23.0 Å². The number of para-hydroxylation sites is 2. The molecule has 0 aromatic heterocycles. The zero-order chi connectivity index (χ0) is 50.5. The fourth-order valence-electron chi connectivity index (χ4n) is 6.51. The molecule has 4 atom stereocenters. The maximum Gasteiger partial charge on any atom is 0.416 e. The maximum atomic E-state index is 13.3. The SMILES string of the molecule is CCS(=O)(=O)N[C@H](COc1cc(C(F)(F)F)ccc1[C@@H]1CC(=O)c2cccc(Cl)c2O1)C(C)=O.CCS(=O)(=O)N[C@H](COc1cc(C(F)(F)F)ccc1[C@H]1CC(=O)c2cccc(Cl)c2O1)C(=O)O. The first-order chi connectivity index (χ1) is 31.6. The van der Waals surface area contributed by atoms with E-state index in [0.29, 0.717) is 6.07 Å². The number of halogens is 8. The molecule has 0 saturated heterocycles. The fraction of sp³-hybridized carbons (Fsp3) is 0.349. The number of nitrogens with one attached hydrogen (secondary N) is 2. The highest BCUT2D eigenvalue weighted by Crippen LogP contribution is 2.45. The number of fused-ring (bicyclic) bond motifs is 2. The van der Waals surface area contributed by atoms with Gasteiger partial charge < -0.3 is 24.1 Å². The van der Waals surface area contributed by atoms with Crippen LogP contribution in [0, 0.1) is 0 Å². The summed E-state index contributed by atoms with van der Waals surface area (Å²) in [5.74, 6) is -4.12. The Hall–Kier alpha value is -5.46. The third-order valence-electron chi connectivity index (χ3n) is 10.2. The van der Waals surface area contributed by atoms with Crippen molar-refractivity contribution < 1.29 is 86.4 Å². The molecule has 0 saturated carbocycles. The summed E-state index contributed by atoms with van der Waals surface area (Å²) in [6.45, 7) is 2.39. The summed E-state index contributed by atoms with van der Waals surface area (Å²) in [6, 6.07) is 11.2. The summed E-state index contributed by atoms with van der Waals surface area (Å²) in [5.41, 5.74) is -1.49. The van der Waals surface area contributed by atoms with Crippen molar-refractivity contribution in [1.29, 1.82) is 0 Å². The van der Waals surface area contributed by atoms with E-state index in [2.05, 4.69) is 4.72 Å². The number of hydrogen-bond acceptors (Lipinski definition) is 12. The van der Waals surface area contributed by atoms with Crippen molar-refractivity contribution in [2.75, 3.05) is 24.7 Å². The largest absolute Gasteiger partial charge is 0.491 e. The van der Waals surface area contributed by atoms with Gasteiger partial charge in [-0.15, -0.1) is 0 Å². The lowest BCUT2D eigenvalue weighted by molar-refractivity contribution is -0.140. The van der Waals surface area contributed by atoms with Crippen molar-refractivity contribution in [3.05, 3.63) is 116 Å². The zero-order valence-corrected chi connectivity index (χ0v) is 38.8. The van der Waals surface area contributed by atoms with Gasteiger partial charge in [0.2, 0.25) is 20.0 Å². The first kappa shape index (κ1) is 53.5. The number of hydrogen-bond donors (Lipinski definition) is 3. The molecule has 3 N–H and O–H groups in total. The van der Waals surface area contributed by atoms with Gasteiger partial charge in [-0.05, 0) is 69.3 Å². The van der Waals surface area contributed by atoms with Crippen LogP contribution in [0.2, 0.25) is 10.0 Å². The van der Waals surface area contributed by atoms with Gasteiger partial charge in [-0.2, -0.15) is 31.1 Å². The van der Waals surface area contributed by atoms with Crippen LogP contribution >= 0.6 is 23.2 Å². The Morgan fingerprint density at radius 3 is 1.43 bits per heavy atom. The van der Waals surface area contributed by atoms with E-state index in [4.69, 9.17) is 42.1 Å². The lowest BCUT2D eigenvalue weighted by Gasteiger charge is -2.28. The molecule has 4 aromatic carbocycles. The van der Waals surface area contributed by atoms with E-state index in [1.165, 1.54) is 38.1 Å². The normalized spacial score (nSPS) is 17.0. The average molecular weight is 1040 g/mol. The molecular weight excluding hydrogens is 1000 g/mol. The van der Waals surface area contributed by atoms with Gasteiger partial charge in [0.25, 0.3) is 0 Å². The number of Topliss-reactive ketones (excluding diaryl/α,β-unsaturated/α-hetero) is 3. The predicted octanol–water partition coefficient (Wildman–Crippen LogP) is 8.18. The van der Waals surface area contributed by atoms with Crippen LogP contribution in [0.25, 0.3) is 0 Å². The quantitative estimate of drug-likeness (QED) is 0.0904. The van der Waals surface area contributed by atoms with Crippen molar-refractivity contribution >= 4 is 66.6 Å². The van der Waals surface area contributed by atoms with Crippen molar-refractivity contribution in [1.82, 2.24) is 9.44 Å². The molecule has 0 radical (unpaired) electrons. The Bertz CT molecular complexity index is 2620. The minimum absolute atomic E-state index is 0.0365. The standard InChI is InChI=1S/C22H21ClF3NO6S.C21H19ClF3NO7S/c1-3-34(30,31)27-17(12(2)28)11-32-19-9-13(22(24,25)26)7-8-15(19)20-10-18(29)14-5-4-6-16(23)21(14)33-20;1-2-34(30,31)26-15(20(28)29)10-32-17-8-11(21(23,24)25)6-7-13(17)18-9-16(27)12-4-3-5-14(22)19(12)33-18/h4-9,17,20,27H,3,10-11H2,1-2H3;3-8,15,18,26H,2,9-10H2,1H3,(H,28,29)/t17-,20+;15-,18-/m11/s1. The molecule has 0 amide bonds. The molecule has 6 rings (SSSR count). The number of carboxylic acids is 1. The Morgan fingerprint density at radius 2 is 1.07 bits per heavy atom. The number of rotatable bonds is 16. The molecule has 0 aliphatic carbocycles.